The number of hydrogen-bond donors (Lipinski definition) is 1. The number of ether oxygens (including phenoxy) is 1. The molecule has 0 fully saturated rings. The van der Waals surface area contributed by atoms with Gasteiger partial charge in [-0.15, -0.1) is 0 Å². The highest BCUT2D eigenvalue weighted by Crippen LogP contribution is 2.13. The van der Waals surface area contributed by atoms with Crippen molar-refractivity contribution in [3.8, 4) is 0 Å². The first-order chi connectivity index (χ1) is 7.89. The average Bonchev–Trinajstić information content (AvgIpc) is 2.29. The molecule has 1 amide bonds. The first kappa shape index (κ1) is 13.6. The zero-order chi connectivity index (χ0) is 13.1. The largest absolute Gasteiger partial charge is 0.375 e. The first-order valence-electron chi connectivity index (χ1n) is 4.78. The Morgan fingerprint density at radius 3 is 2.35 bits per heavy atom. The lowest BCUT2D eigenvalue weighted by atomic mass is 10.2. The minimum absolute atomic E-state index is 0.0324. The number of nitrogens with two attached hydrogens (primary N) is 1. The molecule has 94 valence electrons. The molecule has 0 bridgehead atoms. The van der Waals surface area contributed by atoms with Gasteiger partial charge in [0.25, 0.3) is 15.9 Å². The number of benzene rings is 1. The highest BCUT2D eigenvalue weighted by atomic mass is 32.2. The summed E-state index contributed by atoms with van der Waals surface area (Å²) >= 11 is 0. The van der Waals surface area contributed by atoms with Crippen molar-refractivity contribution in [3.63, 3.8) is 0 Å². The molecule has 0 atom stereocenters. The van der Waals surface area contributed by atoms with E-state index < -0.39 is 15.9 Å². The zero-order valence-electron chi connectivity index (χ0n) is 9.58. The zero-order valence-corrected chi connectivity index (χ0v) is 10.4. The van der Waals surface area contributed by atoms with Gasteiger partial charge in [-0.2, -0.15) is 12.8 Å². The van der Waals surface area contributed by atoms with Crippen LogP contribution in [0.25, 0.3) is 0 Å². The van der Waals surface area contributed by atoms with E-state index in [4.69, 9.17) is 5.84 Å². The number of nitrogens with zero attached hydrogens (tertiary/aromatic N) is 1. The summed E-state index contributed by atoms with van der Waals surface area (Å²) in [5, 5.41) is 0. The van der Waals surface area contributed by atoms with Crippen molar-refractivity contribution in [1.29, 1.82) is 0 Å². The molecule has 0 spiro atoms. The Bertz CT molecular complexity index is 496. The minimum Gasteiger partial charge on any atom is -0.375 e. The van der Waals surface area contributed by atoms with Gasteiger partial charge in [-0.05, 0) is 19.1 Å². The summed E-state index contributed by atoms with van der Waals surface area (Å²) in [6.07, 6.45) is 0. The van der Waals surface area contributed by atoms with Crippen LogP contribution in [-0.2, 0) is 19.6 Å². The van der Waals surface area contributed by atoms with E-state index in [1.54, 1.807) is 12.1 Å². The van der Waals surface area contributed by atoms with Crippen LogP contribution in [0, 0.1) is 6.92 Å². The van der Waals surface area contributed by atoms with Gasteiger partial charge >= 0.3 is 0 Å². The lowest BCUT2D eigenvalue weighted by molar-refractivity contribution is -0.130. The molecule has 0 aromatic heterocycles. The number of amides is 1. The van der Waals surface area contributed by atoms with E-state index >= 15 is 0 Å². The Hall–Kier alpha value is -1.44. The highest BCUT2D eigenvalue weighted by molar-refractivity contribution is 7.89. The predicted molar refractivity (Wildman–Crippen MR) is 61.3 cm³/mol. The van der Waals surface area contributed by atoms with E-state index in [0.717, 1.165) is 5.56 Å². The van der Waals surface area contributed by atoms with Crippen LogP contribution in [0.2, 0.25) is 0 Å². The second kappa shape index (κ2) is 5.26. The fraction of sp³-hybridized carbons (Fsp3) is 0.300. The Morgan fingerprint density at radius 1 is 1.35 bits per heavy atom. The van der Waals surface area contributed by atoms with Crippen LogP contribution >= 0.6 is 0 Å². The molecule has 0 aliphatic carbocycles. The molecule has 0 saturated carbocycles. The summed E-state index contributed by atoms with van der Waals surface area (Å²) in [6, 6.07) is 6.04. The molecule has 0 aliphatic heterocycles. The van der Waals surface area contributed by atoms with Crippen LogP contribution in [0.1, 0.15) is 5.56 Å². The van der Waals surface area contributed by atoms with Crippen molar-refractivity contribution in [3.05, 3.63) is 29.8 Å². The Labute approximate surface area is 100.0 Å². The van der Waals surface area contributed by atoms with E-state index in [1.165, 1.54) is 19.2 Å². The molecule has 0 aliphatic rings. The average molecular weight is 258 g/mol. The normalized spacial score (nSPS) is 11.2. The van der Waals surface area contributed by atoms with E-state index in [1.807, 2.05) is 6.92 Å². The number of hydrazine groups is 1. The molecular weight excluding hydrogens is 244 g/mol. The quantitative estimate of drug-likeness (QED) is 0.467. The highest BCUT2D eigenvalue weighted by Gasteiger charge is 2.25. The summed E-state index contributed by atoms with van der Waals surface area (Å²) in [6.45, 7) is 1.44. The van der Waals surface area contributed by atoms with Gasteiger partial charge in [0, 0.05) is 7.11 Å². The maximum absolute atomic E-state index is 11.9. The van der Waals surface area contributed by atoms with E-state index in [2.05, 4.69) is 4.74 Å². The Morgan fingerprint density at radius 2 is 1.88 bits per heavy atom. The lowest BCUT2D eigenvalue weighted by Crippen LogP contribution is -2.44. The van der Waals surface area contributed by atoms with Crippen LogP contribution in [-0.4, -0.2) is 32.5 Å². The summed E-state index contributed by atoms with van der Waals surface area (Å²) in [5.74, 6) is 4.44. The van der Waals surface area contributed by atoms with Crippen molar-refractivity contribution < 1.29 is 17.9 Å². The molecule has 0 unspecified atom stereocenters. The van der Waals surface area contributed by atoms with Crippen molar-refractivity contribution >= 4 is 15.9 Å². The third-order valence-electron chi connectivity index (χ3n) is 2.09. The summed E-state index contributed by atoms with van der Waals surface area (Å²) < 4.78 is 28.5. The molecule has 0 heterocycles. The number of aryl methyl sites for hydroxylation is 1. The molecule has 6 nitrogen and oxygen atoms in total. The van der Waals surface area contributed by atoms with Crippen molar-refractivity contribution in [1.82, 2.24) is 4.41 Å². The van der Waals surface area contributed by atoms with Crippen LogP contribution in [0.3, 0.4) is 0 Å². The molecule has 1 rings (SSSR count). The van der Waals surface area contributed by atoms with Gasteiger partial charge in [0.05, 0.1) is 4.90 Å². The molecule has 0 radical (unpaired) electrons. The first-order valence-corrected chi connectivity index (χ1v) is 6.22. The number of sulfonamides is 1. The van der Waals surface area contributed by atoms with Gasteiger partial charge in [0.2, 0.25) is 0 Å². The number of hydrogen-bond acceptors (Lipinski definition) is 5. The predicted octanol–water partition coefficient (Wildman–Crippen LogP) is 0.0324. The monoisotopic (exact) mass is 258 g/mol. The van der Waals surface area contributed by atoms with Gasteiger partial charge in [-0.1, -0.05) is 17.7 Å². The molecule has 7 heteroatoms. The Kier molecular flexibility index (Phi) is 4.22. The van der Waals surface area contributed by atoms with Crippen molar-refractivity contribution in [2.45, 2.75) is 11.8 Å². The molecule has 0 saturated heterocycles. The van der Waals surface area contributed by atoms with Crippen molar-refractivity contribution in [2.24, 2.45) is 5.84 Å². The van der Waals surface area contributed by atoms with Gasteiger partial charge in [0.1, 0.15) is 6.61 Å². The second-order valence-electron chi connectivity index (χ2n) is 3.44. The topological polar surface area (TPSA) is 89.7 Å². The third kappa shape index (κ3) is 3.02. The summed E-state index contributed by atoms with van der Waals surface area (Å²) in [5.41, 5.74) is 0.913. The van der Waals surface area contributed by atoms with Gasteiger partial charge in [-0.25, -0.2) is 5.84 Å². The molecule has 2 N–H and O–H groups in total. The number of rotatable bonds is 4. The van der Waals surface area contributed by atoms with E-state index in [-0.39, 0.29) is 15.9 Å². The Balaban J connectivity index is 3.03. The maximum atomic E-state index is 11.9. The van der Waals surface area contributed by atoms with Crippen LogP contribution < -0.4 is 5.84 Å². The third-order valence-corrected chi connectivity index (χ3v) is 3.68. The van der Waals surface area contributed by atoms with E-state index in [0.29, 0.717) is 0 Å². The second-order valence-corrected chi connectivity index (χ2v) is 5.26. The lowest BCUT2D eigenvalue weighted by Gasteiger charge is -2.16. The standard InChI is InChI=1S/C10H14N2O4S/c1-8-3-5-9(6-4-8)17(14,15)12(11)10(13)7-16-2/h3-6H,7,11H2,1-2H3. The van der Waals surface area contributed by atoms with Crippen LogP contribution in [0.4, 0.5) is 0 Å². The smallest absolute Gasteiger partial charge is 0.280 e. The number of carbonyl (C=O) groups excluding carboxylic acids is 1. The fourth-order valence-corrected chi connectivity index (χ4v) is 2.17. The summed E-state index contributed by atoms with van der Waals surface area (Å²) in [4.78, 5) is 11.3. The van der Waals surface area contributed by atoms with Gasteiger partial charge in [-0.3, -0.25) is 4.79 Å². The molecule has 1 aromatic rings. The number of methoxy groups -OCH3 is 1. The SMILES string of the molecule is COCC(=O)N(N)S(=O)(=O)c1ccc(C)cc1. The molecular formula is C10H14N2O4S. The van der Waals surface area contributed by atoms with Crippen molar-refractivity contribution in [2.75, 3.05) is 13.7 Å². The maximum Gasteiger partial charge on any atom is 0.280 e. The number of carbonyl (C=O) groups is 1. The fourth-order valence-electron chi connectivity index (χ4n) is 1.14. The van der Waals surface area contributed by atoms with Gasteiger partial charge in [0.15, 0.2) is 0 Å². The van der Waals surface area contributed by atoms with Crippen LogP contribution in [0.5, 0.6) is 0 Å². The summed E-state index contributed by atoms with van der Waals surface area (Å²) in [7, 11) is -2.71. The van der Waals surface area contributed by atoms with Gasteiger partial charge < -0.3 is 4.74 Å². The molecule has 1 aromatic carbocycles. The molecule has 17 heavy (non-hydrogen) atoms. The van der Waals surface area contributed by atoms with Crippen LogP contribution in [0.15, 0.2) is 29.2 Å². The van der Waals surface area contributed by atoms with E-state index in [9.17, 15) is 13.2 Å². The minimum atomic E-state index is -4.00.